The molecule has 0 bridgehead atoms. The Labute approximate surface area is 193 Å². The Kier molecular flexibility index (Phi) is 6.92. The van der Waals surface area contributed by atoms with Gasteiger partial charge in [0.05, 0.1) is 36.5 Å². The average Bonchev–Trinajstić information content (AvgIpc) is 2.85. The molecule has 4 rings (SSSR count). The fourth-order valence-electron chi connectivity index (χ4n) is 4.06. The van der Waals surface area contributed by atoms with Gasteiger partial charge in [-0.25, -0.2) is 9.97 Å². The lowest BCUT2D eigenvalue weighted by atomic mass is 10.00. The molecule has 1 N–H and O–H groups in total. The van der Waals surface area contributed by atoms with Gasteiger partial charge in [0.15, 0.2) is 5.82 Å². The van der Waals surface area contributed by atoms with Crippen LogP contribution in [0.25, 0.3) is 0 Å². The molecule has 0 aliphatic carbocycles. The predicted molar refractivity (Wildman–Crippen MR) is 124 cm³/mol. The third kappa shape index (κ3) is 5.16. The van der Waals surface area contributed by atoms with Gasteiger partial charge in [-0.05, 0) is 50.5 Å². The Bertz CT molecular complexity index is 1140. The molecule has 0 saturated carbocycles. The summed E-state index contributed by atoms with van der Waals surface area (Å²) in [5.74, 6) is 0.841. The van der Waals surface area contributed by atoms with Gasteiger partial charge in [-0.2, -0.15) is 0 Å². The number of carbonyl (C=O) groups excluding carboxylic acids is 2. The standard InChI is InChI=1S/C25H27N5O3/c1-17-19(25(32)29-20-10-3-4-12-22(20)33-2)16-27-24(28-17)21-11-6-8-14-30(21)23(31)15-18-9-5-7-13-26-18/h3-5,7,9-10,12-13,16,21H,6,8,11,14-15H2,1-2H3,(H,29,32). The van der Waals surface area contributed by atoms with E-state index in [0.29, 0.717) is 35.1 Å². The molecule has 0 spiro atoms. The number of anilines is 1. The number of carbonyl (C=O) groups is 2. The lowest BCUT2D eigenvalue weighted by molar-refractivity contribution is -0.134. The number of para-hydroxylation sites is 2. The number of benzene rings is 1. The summed E-state index contributed by atoms with van der Waals surface area (Å²) >= 11 is 0. The van der Waals surface area contributed by atoms with Gasteiger partial charge in [-0.1, -0.05) is 18.2 Å². The first-order chi connectivity index (χ1) is 16.1. The highest BCUT2D eigenvalue weighted by Gasteiger charge is 2.30. The van der Waals surface area contributed by atoms with Gasteiger partial charge in [0, 0.05) is 24.6 Å². The van der Waals surface area contributed by atoms with Crippen LogP contribution in [0, 0.1) is 6.92 Å². The van der Waals surface area contributed by atoms with Crippen molar-refractivity contribution < 1.29 is 14.3 Å². The lowest BCUT2D eigenvalue weighted by Crippen LogP contribution is -2.40. The maximum Gasteiger partial charge on any atom is 0.259 e. The molecule has 170 valence electrons. The van der Waals surface area contributed by atoms with Crippen LogP contribution >= 0.6 is 0 Å². The van der Waals surface area contributed by atoms with E-state index >= 15 is 0 Å². The molecule has 1 aliphatic heterocycles. The summed E-state index contributed by atoms with van der Waals surface area (Å²) in [5, 5.41) is 2.86. The zero-order valence-electron chi connectivity index (χ0n) is 18.8. The van der Waals surface area contributed by atoms with E-state index < -0.39 is 0 Å². The molecule has 0 radical (unpaired) electrons. The second-order valence-electron chi connectivity index (χ2n) is 7.98. The zero-order chi connectivity index (χ0) is 23.2. The quantitative estimate of drug-likeness (QED) is 0.621. The van der Waals surface area contributed by atoms with Crippen molar-refractivity contribution in [2.45, 2.75) is 38.6 Å². The molecule has 1 atom stereocenters. The number of amides is 2. The van der Waals surface area contributed by atoms with E-state index in [9.17, 15) is 9.59 Å². The molecule has 2 amide bonds. The number of likely N-dealkylation sites (tertiary alicyclic amines) is 1. The van der Waals surface area contributed by atoms with Crippen LogP contribution < -0.4 is 10.1 Å². The Morgan fingerprint density at radius 3 is 2.70 bits per heavy atom. The first-order valence-electron chi connectivity index (χ1n) is 11.0. The molecule has 8 heteroatoms. The number of aromatic nitrogens is 3. The summed E-state index contributed by atoms with van der Waals surface area (Å²) in [6.45, 7) is 2.44. The van der Waals surface area contributed by atoms with E-state index in [4.69, 9.17) is 4.74 Å². The van der Waals surface area contributed by atoms with E-state index in [-0.39, 0.29) is 24.3 Å². The van der Waals surface area contributed by atoms with Crippen LogP contribution in [-0.2, 0) is 11.2 Å². The van der Waals surface area contributed by atoms with Crippen LogP contribution in [0.4, 0.5) is 5.69 Å². The molecule has 8 nitrogen and oxygen atoms in total. The van der Waals surface area contributed by atoms with Gasteiger partial charge in [0.2, 0.25) is 5.91 Å². The Balaban J connectivity index is 1.52. The number of ether oxygens (including phenoxy) is 1. The minimum atomic E-state index is -0.310. The minimum absolute atomic E-state index is 0.0117. The van der Waals surface area contributed by atoms with Gasteiger partial charge in [-0.3, -0.25) is 14.6 Å². The van der Waals surface area contributed by atoms with Crippen LogP contribution in [0.2, 0.25) is 0 Å². The topological polar surface area (TPSA) is 97.3 Å². The molecular weight excluding hydrogens is 418 g/mol. The molecule has 3 aromatic rings. The molecular formula is C25H27N5O3. The van der Waals surface area contributed by atoms with Gasteiger partial charge < -0.3 is 15.0 Å². The van der Waals surface area contributed by atoms with Crippen LogP contribution in [0.15, 0.2) is 54.9 Å². The number of aryl methyl sites for hydroxylation is 1. The zero-order valence-corrected chi connectivity index (χ0v) is 18.8. The van der Waals surface area contributed by atoms with Gasteiger partial charge >= 0.3 is 0 Å². The monoisotopic (exact) mass is 445 g/mol. The van der Waals surface area contributed by atoms with E-state index in [1.807, 2.05) is 35.2 Å². The molecule has 1 unspecified atom stereocenters. The van der Waals surface area contributed by atoms with Crippen molar-refractivity contribution >= 4 is 17.5 Å². The highest BCUT2D eigenvalue weighted by molar-refractivity contribution is 6.05. The molecule has 2 aromatic heterocycles. The summed E-state index contributed by atoms with van der Waals surface area (Å²) in [5.41, 5.74) is 2.27. The molecule has 1 saturated heterocycles. The fourth-order valence-corrected chi connectivity index (χ4v) is 4.06. The van der Waals surface area contributed by atoms with E-state index in [1.165, 1.54) is 0 Å². The largest absolute Gasteiger partial charge is 0.495 e. The Morgan fingerprint density at radius 2 is 1.94 bits per heavy atom. The van der Waals surface area contributed by atoms with Crippen LogP contribution in [0.5, 0.6) is 5.75 Å². The maximum atomic E-state index is 13.0. The van der Waals surface area contributed by atoms with E-state index in [2.05, 4.69) is 20.3 Å². The number of pyridine rings is 1. The van der Waals surface area contributed by atoms with Crippen molar-refractivity contribution in [2.24, 2.45) is 0 Å². The molecule has 1 aromatic carbocycles. The molecule has 33 heavy (non-hydrogen) atoms. The first kappa shape index (κ1) is 22.4. The molecule has 1 aliphatic rings. The third-order valence-electron chi connectivity index (χ3n) is 5.78. The maximum absolute atomic E-state index is 13.0. The minimum Gasteiger partial charge on any atom is -0.495 e. The van der Waals surface area contributed by atoms with Gasteiger partial charge in [0.25, 0.3) is 5.91 Å². The smallest absolute Gasteiger partial charge is 0.259 e. The normalized spacial score (nSPS) is 15.7. The highest BCUT2D eigenvalue weighted by Crippen LogP contribution is 2.30. The fraction of sp³-hybridized carbons (Fsp3) is 0.320. The van der Waals surface area contributed by atoms with E-state index in [0.717, 1.165) is 25.0 Å². The molecule has 1 fully saturated rings. The van der Waals surface area contributed by atoms with Crippen LogP contribution in [0.3, 0.4) is 0 Å². The number of methoxy groups -OCH3 is 1. The number of rotatable bonds is 6. The Hall–Kier alpha value is -3.81. The summed E-state index contributed by atoms with van der Waals surface area (Å²) < 4.78 is 5.30. The first-order valence-corrected chi connectivity index (χ1v) is 11.0. The Morgan fingerprint density at radius 1 is 1.12 bits per heavy atom. The summed E-state index contributed by atoms with van der Waals surface area (Å²) in [6.07, 6.45) is 6.21. The second-order valence-corrected chi connectivity index (χ2v) is 7.98. The highest BCUT2D eigenvalue weighted by atomic mass is 16.5. The van der Waals surface area contributed by atoms with Crippen molar-refractivity contribution in [3.63, 3.8) is 0 Å². The summed E-state index contributed by atoms with van der Waals surface area (Å²) in [4.78, 5) is 41.1. The van der Waals surface area contributed by atoms with Crippen molar-refractivity contribution in [2.75, 3.05) is 19.0 Å². The summed E-state index contributed by atoms with van der Waals surface area (Å²) in [7, 11) is 1.55. The molecule has 3 heterocycles. The number of hydrogen-bond acceptors (Lipinski definition) is 6. The van der Waals surface area contributed by atoms with Crippen LogP contribution in [-0.4, -0.2) is 45.3 Å². The van der Waals surface area contributed by atoms with Gasteiger partial charge in [0.1, 0.15) is 5.75 Å². The van der Waals surface area contributed by atoms with Crippen molar-refractivity contribution in [3.8, 4) is 5.75 Å². The van der Waals surface area contributed by atoms with Crippen LogP contribution in [0.1, 0.15) is 52.9 Å². The third-order valence-corrected chi connectivity index (χ3v) is 5.78. The van der Waals surface area contributed by atoms with Crippen molar-refractivity contribution in [1.29, 1.82) is 0 Å². The SMILES string of the molecule is COc1ccccc1NC(=O)c1cnc(C2CCCCN2C(=O)Cc2ccccn2)nc1C. The number of nitrogens with one attached hydrogen (secondary N) is 1. The number of piperidine rings is 1. The second kappa shape index (κ2) is 10.2. The van der Waals surface area contributed by atoms with Gasteiger partial charge in [-0.15, -0.1) is 0 Å². The number of nitrogens with zero attached hydrogens (tertiary/aromatic N) is 4. The lowest BCUT2D eigenvalue weighted by Gasteiger charge is -2.35. The average molecular weight is 446 g/mol. The number of hydrogen-bond donors (Lipinski definition) is 1. The summed E-state index contributed by atoms with van der Waals surface area (Å²) in [6, 6.07) is 12.6. The van der Waals surface area contributed by atoms with Crippen molar-refractivity contribution in [3.05, 3.63) is 77.6 Å². The predicted octanol–water partition coefficient (Wildman–Crippen LogP) is 3.74. The van der Waals surface area contributed by atoms with E-state index in [1.54, 1.807) is 38.6 Å². The van der Waals surface area contributed by atoms with Crippen molar-refractivity contribution in [1.82, 2.24) is 19.9 Å².